The SMILES string of the molecule is Cc1ccc([C@@H](NC(=O)c2cc(S(=O)(=O)N3CCC(C)CC3)ccc2C)c2ccccc2)cc1. The highest BCUT2D eigenvalue weighted by Gasteiger charge is 2.29. The van der Waals surface area contributed by atoms with Crippen LogP contribution >= 0.6 is 0 Å². The molecule has 178 valence electrons. The van der Waals surface area contributed by atoms with Crippen molar-refractivity contribution in [2.45, 2.75) is 44.6 Å². The maximum atomic E-state index is 13.5. The molecule has 5 nitrogen and oxygen atoms in total. The number of rotatable bonds is 6. The van der Waals surface area contributed by atoms with Gasteiger partial charge < -0.3 is 5.32 Å². The molecule has 0 aliphatic carbocycles. The van der Waals surface area contributed by atoms with Crippen molar-refractivity contribution in [2.24, 2.45) is 5.92 Å². The number of carbonyl (C=O) groups excluding carboxylic acids is 1. The molecule has 0 saturated carbocycles. The molecule has 1 aliphatic heterocycles. The highest BCUT2D eigenvalue weighted by atomic mass is 32.2. The van der Waals surface area contributed by atoms with Gasteiger partial charge in [-0.05, 0) is 61.4 Å². The first-order chi connectivity index (χ1) is 16.3. The zero-order valence-electron chi connectivity index (χ0n) is 20.0. The van der Waals surface area contributed by atoms with Crippen LogP contribution in [0.5, 0.6) is 0 Å². The fourth-order valence-electron chi connectivity index (χ4n) is 4.35. The normalized spacial score (nSPS) is 16.2. The van der Waals surface area contributed by atoms with Crippen molar-refractivity contribution in [3.8, 4) is 0 Å². The first-order valence-corrected chi connectivity index (χ1v) is 13.2. The maximum absolute atomic E-state index is 13.5. The Balaban J connectivity index is 1.64. The number of aryl methyl sites for hydroxylation is 2. The molecule has 0 unspecified atom stereocenters. The minimum absolute atomic E-state index is 0.171. The summed E-state index contributed by atoms with van der Waals surface area (Å²) in [5, 5.41) is 3.14. The van der Waals surface area contributed by atoms with Crippen LogP contribution in [-0.2, 0) is 10.0 Å². The monoisotopic (exact) mass is 476 g/mol. The van der Waals surface area contributed by atoms with Crippen LogP contribution in [-0.4, -0.2) is 31.7 Å². The lowest BCUT2D eigenvalue weighted by Gasteiger charge is -2.29. The van der Waals surface area contributed by atoms with E-state index in [1.165, 1.54) is 6.07 Å². The molecular weight excluding hydrogens is 444 g/mol. The van der Waals surface area contributed by atoms with Gasteiger partial charge in [-0.15, -0.1) is 0 Å². The van der Waals surface area contributed by atoms with Gasteiger partial charge in [0.25, 0.3) is 5.91 Å². The molecule has 1 atom stereocenters. The molecule has 0 aromatic heterocycles. The summed E-state index contributed by atoms with van der Waals surface area (Å²) in [4.78, 5) is 13.6. The molecule has 3 aromatic rings. The lowest BCUT2D eigenvalue weighted by molar-refractivity contribution is 0.0942. The number of benzene rings is 3. The molecule has 4 rings (SSSR count). The van der Waals surface area contributed by atoms with E-state index in [9.17, 15) is 13.2 Å². The molecule has 34 heavy (non-hydrogen) atoms. The fourth-order valence-corrected chi connectivity index (χ4v) is 5.85. The minimum atomic E-state index is -3.64. The summed E-state index contributed by atoms with van der Waals surface area (Å²) in [6.07, 6.45) is 1.71. The van der Waals surface area contributed by atoms with E-state index in [-0.39, 0.29) is 16.8 Å². The second-order valence-corrected chi connectivity index (χ2v) is 11.2. The molecule has 0 bridgehead atoms. The van der Waals surface area contributed by atoms with E-state index in [1.807, 2.05) is 68.4 Å². The molecule has 6 heteroatoms. The summed E-state index contributed by atoms with van der Waals surface area (Å²) < 4.78 is 28.1. The van der Waals surface area contributed by atoms with Crippen molar-refractivity contribution >= 4 is 15.9 Å². The van der Waals surface area contributed by atoms with Crippen LogP contribution in [0.2, 0.25) is 0 Å². The van der Waals surface area contributed by atoms with Crippen molar-refractivity contribution in [1.29, 1.82) is 0 Å². The quantitative estimate of drug-likeness (QED) is 0.529. The van der Waals surface area contributed by atoms with Crippen molar-refractivity contribution in [3.05, 3.63) is 101 Å². The molecule has 1 saturated heterocycles. The van der Waals surface area contributed by atoms with Crippen LogP contribution in [0.1, 0.15) is 58.4 Å². The standard InChI is InChI=1S/C28H32N2O3S/c1-20-9-12-24(13-10-20)27(23-7-5-4-6-8-23)29-28(31)26-19-25(14-11-22(26)3)34(32,33)30-17-15-21(2)16-18-30/h4-14,19,21,27H,15-18H2,1-3H3,(H,29,31)/t27-/m0/s1. The van der Waals surface area contributed by atoms with Gasteiger partial charge in [0.15, 0.2) is 0 Å². The Morgan fingerprint density at radius 2 is 1.53 bits per heavy atom. The molecule has 1 N–H and O–H groups in total. The molecule has 0 spiro atoms. The lowest BCUT2D eigenvalue weighted by atomic mass is 9.97. The van der Waals surface area contributed by atoms with E-state index in [0.29, 0.717) is 24.6 Å². The van der Waals surface area contributed by atoms with Gasteiger partial charge in [0, 0.05) is 18.7 Å². The summed E-state index contributed by atoms with van der Waals surface area (Å²) in [5.74, 6) is 0.235. The predicted octanol–water partition coefficient (Wildman–Crippen LogP) is 5.24. The average Bonchev–Trinajstić information content (AvgIpc) is 2.84. The third kappa shape index (κ3) is 5.24. The molecule has 1 heterocycles. The Hall–Kier alpha value is -2.96. The van der Waals surface area contributed by atoms with Crippen molar-refractivity contribution in [2.75, 3.05) is 13.1 Å². The van der Waals surface area contributed by atoms with Gasteiger partial charge >= 0.3 is 0 Å². The first kappa shape index (κ1) is 24.2. The second-order valence-electron chi connectivity index (χ2n) is 9.29. The fraction of sp³-hybridized carbons (Fsp3) is 0.321. The summed E-state index contributed by atoms with van der Waals surface area (Å²) in [5.41, 5.74) is 4.18. The van der Waals surface area contributed by atoms with Crippen molar-refractivity contribution in [1.82, 2.24) is 9.62 Å². The Morgan fingerprint density at radius 1 is 0.912 bits per heavy atom. The Morgan fingerprint density at radius 3 is 2.18 bits per heavy atom. The molecule has 1 fully saturated rings. The molecule has 3 aromatic carbocycles. The number of hydrogen-bond acceptors (Lipinski definition) is 3. The molecule has 1 amide bonds. The topological polar surface area (TPSA) is 66.5 Å². The Kier molecular flexibility index (Phi) is 7.19. The highest BCUT2D eigenvalue weighted by molar-refractivity contribution is 7.89. The first-order valence-electron chi connectivity index (χ1n) is 11.8. The number of nitrogens with zero attached hydrogens (tertiary/aromatic N) is 1. The van der Waals surface area contributed by atoms with E-state index in [0.717, 1.165) is 35.1 Å². The van der Waals surface area contributed by atoms with E-state index in [4.69, 9.17) is 0 Å². The van der Waals surface area contributed by atoms with Crippen LogP contribution in [0.3, 0.4) is 0 Å². The lowest BCUT2D eigenvalue weighted by Crippen LogP contribution is -2.38. The number of hydrogen-bond donors (Lipinski definition) is 1. The third-order valence-electron chi connectivity index (χ3n) is 6.65. The average molecular weight is 477 g/mol. The Bertz CT molecular complexity index is 1250. The zero-order valence-corrected chi connectivity index (χ0v) is 20.8. The van der Waals surface area contributed by atoms with Gasteiger partial charge in [0.1, 0.15) is 0 Å². The van der Waals surface area contributed by atoms with Crippen LogP contribution in [0, 0.1) is 19.8 Å². The summed E-state index contributed by atoms with van der Waals surface area (Å²) in [6.45, 7) is 7.04. The van der Waals surface area contributed by atoms with Gasteiger partial charge in [-0.3, -0.25) is 4.79 Å². The number of nitrogens with one attached hydrogen (secondary N) is 1. The molecule has 1 aliphatic rings. The van der Waals surface area contributed by atoms with Crippen LogP contribution in [0.15, 0.2) is 77.7 Å². The second kappa shape index (κ2) is 10.1. The smallest absolute Gasteiger partial charge is 0.252 e. The molecular formula is C28H32N2O3S. The van der Waals surface area contributed by atoms with E-state index >= 15 is 0 Å². The highest BCUT2D eigenvalue weighted by Crippen LogP contribution is 2.27. The Labute approximate surface area is 202 Å². The third-order valence-corrected chi connectivity index (χ3v) is 8.55. The number of amides is 1. The number of sulfonamides is 1. The summed E-state index contributed by atoms with van der Waals surface area (Å²) in [7, 11) is -3.64. The summed E-state index contributed by atoms with van der Waals surface area (Å²) >= 11 is 0. The van der Waals surface area contributed by atoms with Gasteiger partial charge in [0.05, 0.1) is 10.9 Å². The largest absolute Gasteiger partial charge is 0.341 e. The predicted molar refractivity (Wildman–Crippen MR) is 135 cm³/mol. The number of piperidine rings is 1. The molecule has 0 radical (unpaired) electrons. The van der Waals surface area contributed by atoms with Crippen molar-refractivity contribution < 1.29 is 13.2 Å². The van der Waals surface area contributed by atoms with Crippen LogP contribution in [0.4, 0.5) is 0 Å². The van der Waals surface area contributed by atoms with E-state index in [1.54, 1.807) is 16.4 Å². The minimum Gasteiger partial charge on any atom is -0.341 e. The van der Waals surface area contributed by atoms with Gasteiger partial charge in [-0.2, -0.15) is 4.31 Å². The van der Waals surface area contributed by atoms with E-state index in [2.05, 4.69) is 12.2 Å². The van der Waals surface area contributed by atoms with Gasteiger partial charge in [0.2, 0.25) is 10.0 Å². The van der Waals surface area contributed by atoms with E-state index < -0.39 is 10.0 Å². The summed E-state index contributed by atoms with van der Waals surface area (Å²) in [6, 6.07) is 22.4. The van der Waals surface area contributed by atoms with Crippen LogP contribution < -0.4 is 5.32 Å². The van der Waals surface area contributed by atoms with Gasteiger partial charge in [-0.1, -0.05) is 73.2 Å². The van der Waals surface area contributed by atoms with Gasteiger partial charge in [-0.25, -0.2) is 8.42 Å². The van der Waals surface area contributed by atoms with Crippen molar-refractivity contribution in [3.63, 3.8) is 0 Å². The maximum Gasteiger partial charge on any atom is 0.252 e. The number of carbonyl (C=O) groups is 1. The van der Waals surface area contributed by atoms with Crippen LogP contribution in [0.25, 0.3) is 0 Å². The zero-order chi connectivity index (χ0) is 24.3.